The van der Waals surface area contributed by atoms with Gasteiger partial charge in [0, 0.05) is 34.1 Å². The lowest BCUT2D eigenvalue weighted by Gasteiger charge is -2.51. The first-order valence-electron chi connectivity index (χ1n) is 19.3. The van der Waals surface area contributed by atoms with Crippen LogP contribution in [-0.4, -0.2) is 14.8 Å². The predicted octanol–water partition coefficient (Wildman–Crippen LogP) is 8.07. The van der Waals surface area contributed by atoms with Gasteiger partial charge in [-0.1, -0.05) is 146 Å². The molecule has 0 radical (unpaired) electrons. The van der Waals surface area contributed by atoms with Gasteiger partial charge in [0.1, 0.15) is 0 Å². The summed E-state index contributed by atoms with van der Waals surface area (Å²) >= 11 is 0. The second-order valence-corrected chi connectivity index (χ2v) is 19.1. The van der Waals surface area contributed by atoms with Gasteiger partial charge in [-0.05, 0) is 120 Å². The molecule has 4 heteroatoms. The van der Waals surface area contributed by atoms with Gasteiger partial charge in [0.25, 0.3) is 6.71 Å². The highest BCUT2D eigenvalue weighted by Crippen LogP contribution is 2.45. The molecule has 0 fully saturated rings. The molecule has 12 rings (SSSR count). The Labute approximate surface area is 322 Å². The van der Waals surface area contributed by atoms with Gasteiger partial charge < -0.3 is 9.80 Å². The Morgan fingerprint density at radius 3 is 1.27 bits per heavy atom. The van der Waals surface area contributed by atoms with E-state index >= 15 is 0 Å². The van der Waals surface area contributed by atoms with Crippen LogP contribution in [-0.2, 0) is 0 Å². The minimum absolute atomic E-state index is 0.0875. The molecule has 3 heterocycles. The first kappa shape index (κ1) is 30.8. The molecular weight excluding hydrogens is 679 g/mol. The highest BCUT2D eigenvalue weighted by atomic mass is 28.3. The smallest absolute Gasteiger partial charge is 0.251 e. The third kappa shape index (κ3) is 4.15. The molecule has 0 atom stereocenters. The van der Waals surface area contributed by atoms with E-state index in [4.69, 9.17) is 0 Å². The largest absolute Gasteiger partial charge is 0.311 e. The van der Waals surface area contributed by atoms with Gasteiger partial charge in [0.05, 0.1) is 0 Å². The van der Waals surface area contributed by atoms with Crippen LogP contribution in [0.3, 0.4) is 0 Å². The van der Waals surface area contributed by atoms with Crippen molar-refractivity contribution in [3.05, 3.63) is 200 Å². The van der Waals surface area contributed by atoms with Crippen LogP contribution in [0.15, 0.2) is 194 Å². The van der Waals surface area contributed by atoms with E-state index in [2.05, 4.69) is 211 Å². The normalized spacial score (nSPS) is 14.3. The number of fused-ring (bicyclic) bond motifs is 2. The highest BCUT2D eigenvalue weighted by molar-refractivity contribution is 7.27. The molecule has 0 unspecified atom stereocenters. The summed E-state index contributed by atoms with van der Waals surface area (Å²) in [6.07, 6.45) is 0. The number of nitrogens with zero attached hydrogens (tertiary/aromatic N) is 2. The Bertz CT molecular complexity index is 2830. The number of benzene rings is 9. The maximum atomic E-state index is 2.58. The molecule has 0 bridgehead atoms. The molecule has 55 heavy (non-hydrogen) atoms. The summed E-state index contributed by atoms with van der Waals surface area (Å²) in [6, 6.07) is 73.6. The second-order valence-electron chi connectivity index (χ2n) is 15.3. The molecule has 0 saturated carbocycles. The van der Waals surface area contributed by atoms with E-state index < -0.39 is 8.07 Å². The van der Waals surface area contributed by atoms with Crippen LogP contribution >= 0.6 is 0 Å². The van der Waals surface area contributed by atoms with E-state index in [1.165, 1.54) is 98.4 Å². The number of anilines is 6. The zero-order valence-corrected chi connectivity index (χ0v) is 31.4. The van der Waals surface area contributed by atoms with Crippen LogP contribution < -0.4 is 46.9 Å². The van der Waals surface area contributed by atoms with E-state index in [-0.39, 0.29) is 6.71 Å². The van der Waals surface area contributed by atoms with Gasteiger partial charge in [-0.2, -0.15) is 0 Å². The first-order chi connectivity index (χ1) is 27.2. The molecule has 0 spiro atoms. The first-order valence-corrected chi connectivity index (χ1v) is 21.3. The molecular formula is C51H35BN2Si. The summed E-state index contributed by atoms with van der Waals surface area (Å²) in [5.41, 5.74) is 13.0. The van der Waals surface area contributed by atoms with Crippen LogP contribution in [0.5, 0.6) is 0 Å². The van der Waals surface area contributed by atoms with Gasteiger partial charge in [-0.15, -0.1) is 0 Å². The van der Waals surface area contributed by atoms with Crippen molar-refractivity contribution < 1.29 is 0 Å². The molecule has 3 aliphatic heterocycles. The maximum Gasteiger partial charge on any atom is 0.251 e. The fourth-order valence-corrected chi connectivity index (χ4v) is 15.7. The molecule has 2 nitrogen and oxygen atoms in total. The van der Waals surface area contributed by atoms with Crippen molar-refractivity contribution in [1.29, 1.82) is 0 Å². The van der Waals surface area contributed by atoms with Gasteiger partial charge in [0.2, 0.25) is 0 Å². The summed E-state index contributed by atoms with van der Waals surface area (Å²) in [7, 11) is -2.87. The van der Waals surface area contributed by atoms with Crippen LogP contribution in [0.25, 0.3) is 21.5 Å². The van der Waals surface area contributed by atoms with E-state index in [9.17, 15) is 0 Å². The molecule has 0 saturated heterocycles. The van der Waals surface area contributed by atoms with Crippen molar-refractivity contribution in [2.75, 3.05) is 9.80 Å². The minimum Gasteiger partial charge on any atom is -0.311 e. The van der Waals surface area contributed by atoms with Crippen molar-refractivity contribution in [3.8, 4) is 0 Å². The third-order valence-corrected chi connectivity index (χ3v) is 17.4. The third-order valence-electron chi connectivity index (χ3n) is 12.5. The predicted molar refractivity (Wildman–Crippen MR) is 237 cm³/mol. The highest BCUT2D eigenvalue weighted by Gasteiger charge is 2.56. The molecule has 3 aliphatic rings. The average Bonchev–Trinajstić information content (AvgIpc) is 3.24. The Hall–Kier alpha value is -6.62. The minimum atomic E-state index is -2.87. The Balaban J connectivity index is 1.27. The lowest BCUT2D eigenvalue weighted by Crippen LogP contribution is -2.88. The Kier molecular flexibility index (Phi) is 6.41. The number of rotatable bonds is 4. The molecule has 0 N–H and O–H groups in total. The molecule has 0 aromatic heterocycles. The number of hydrogen-bond acceptors (Lipinski definition) is 2. The zero-order chi connectivity index (χ0) is 36.3. The van der Waals surface area contributed by atoms with Crippen molar-refractivity contribution in [3.63, 3.8) is 0 Å². The van der Waals surface area contributed by atoms with Crippen molar-refractivity contribution in [1.82, 2.24) is 0 Å². The number of aryl methyl sites for hydroxylation is 1. The Morgan fingerprint density at radius 1 is 0.364 bits per heavy atom. The summed E-state index contributed by atoms with van der Waals surface area (Å²) in [5, 5.41) is 10.8. The van der Waals surface area contributed by atoms with Crippen molar-refractivity contribution in [2.24, 2.45) is 0 Å². The summed E-state index contributed by atoms with van der Waals surface area (Å²) in [4.78, 5) is 5.17. The quantitative estimate of drug-likeness (QED) is 0.170. The molecule has 0 amide bonds. The van der Waals surface area contributed by atoms with Crippen LogP contribution in [0.2, 0.25) is 0 Å². The second kappa shape index (κ2) is 11.4. The monoisotopic (exact) mass is 714 g/mol. The van der Waals surface area contributed by atoms with Gasteiger partial charge >= 0.3 is 0 Å². The van der Waals surface area contributed by atoms with E-state index in [0.29, 0.717) is 0 Å². The maximum absolute atomic E-state index is 2.87. The van der Waals surface area contributed by atoms with Gasteiger partial charge in [-0.3, -0.25) is 0 Å². The average molecular weight is 715 g/mol. The van der Waals surface area contributed by atoms with Crippen LogP contribution in [0, 0.1) is 6.92 Å². The van der Waals surface area contributed by atoms with Gasteiger partial charge in [-0.25, -0.2) is 0 Å². The topological polar surface area (TPSA) is 6.48 Å². The van der Waals surface area contributed by atoms with E-state index in [0.717, 1.165) is 0 Å². The summed E-state index contributed by atoms with van der Waals surface area (Å²) in [6.45, 7) is 2.35. The molecule has 9 aromatic rings. The van der Waals surface area contributed by atoms with E-state index in [1.807, 2.05) is 0 Å². The fourth-order valence-electron chi connectivity index (χ4n) is 10.4. The van der Waals surface area contributed by atoms with Gasteiger partial charge in [0.15, 0.2) is 8.07 Å². The zero-order valence-electron chi connectivity index (χ0n) is 30.4. The van der Waals surface area contributed by atoms with Crippen molar-refractivity contribution >= 4 is 108 Å². The number of hydrogen-bond donors (Lipinski definition) is 0. The Morgan fingerprint density at radius 2 is 0.800 bits per heavy atom. The summed E-state index contributed by atoms with van der Waals surface area (Å²) < 4.78 is 0. The van der Waals surface area contributed by atoms with E-state index in [1.54, 1.807) is 0 Å². The fraction of sp³-hybridized carbons (Fsp3) is 0.0196. The van der Waals surface area contributed by atoms with Crippen molar-refractivity contribution in [2.45, 2.75) is 6.92 Å². The standard InChI is InChI=1S/C51H35BN2Si/c1-34-30-45-49-46(31-34)54(40-29-27-36-15-9-11-17-38(36)33-40)44-23-13-25-48-51(44)52(49)50-43(53(45)39-28-26-35-14-8-10-16-37(35)32-39)22-12-24-47(50)55(48,41-18-4-2-5-19-41)42-20-6-3-7-21-42/h2-33H,1H3. The molecule has 9 aromatic carbocycles. The lowest BCUT2D eigenvalue weighted by atomic mass is 9.33. The summed E-state index contributed by atoms with van der Waals surface area (Å²) in [5.74, 6) is 0. The molecule has 0 aliphatic carbocycles. The SMILES string of the molecule is Cc1cc2c3c(c1)N(c1ccc4ccccc4c1)c1cccc4c1B3c1c(cccc1[Si]4(c1ccccc1)c1ccccc1)N2c1ccc2ccccc2c1. The molecule has 256 valence electrons. The lowest BCUT2D eigenvalue weighted by molar-refractivity contribution is 1.24. The van der Waals surface area contributed by atoms with Crippen LogP contribution in [0.1, 0.15) is 5.56 Å². The van der Waals surface area contributed by atoms with Crippen LogP contribution in [0.4, 0.5) is 34.1 Å².